The molecule has 4 nitrogen and oxygen atoms in total. The van der Waals surface area contributed by atoms with Crippen LogP contribution < -0.4 is 10.1 Å². The monoisotopic (exact) mass is 378 g/mol. The number of hydrogen-bond acceptors (Lipinski definition) is 4. The molecule has 4 rings (SSSR count). The third-order valence-corrected chi connectivity index (χ3v) is 5.75. The summed E-state index contributed by atoms with van der Waals surface area (Å²) in [6.07, 6.45) is 3.44. The van der Waals surface area contributed by atoms with Gasteiger partial charge in [0.1, 0.15) is 5.75 Å². The highest BCUT2D eigenvalue weighted by Gasteiger charge is 2.13. The second kappa shape index (κ2) is 7.53. The van der Waals surface area contributed by atoms with E-state index in [-0.39, 0.29) is 12.5 Å². The maximum Gasteiger partial charge on any atom is 0.264 e. The van der Waals surface area contributed by atoms with Crippen molar-refractivity contribution in [3.05, 3.63) is 64.0 Å². The summed E-state index contributed by atoms with van der Waals surface area (Å²) in [6, 6.07) is 12.4. The van der Waals surface area contributed by atoms with Gasteiger partial charge in [-0.25, -0.2) is 4.98 Å². The number of carbonyl (C=O) groups is 1. The summed E-state index contributed by atoms with van der Waals surface area (Å²) >= 11 is 1.42. The fraction of sp³-hybridized carbons (Fsp3) is 0.273. The normalized spacial score (nSPS) is 12.7. The topological polar surface area (TPSA) is 51.2 Å². The van der Waals surface area contributed by atoms with Crippen molar-refractivity contribution in [1.29, 1.82) is 0 Å². The van der Waals surface area contributed by atoms with Gasteiger partial charge in [0.2, 0.25) is 0 Å². The van der Waals surface area contributed by atoms with Crippen LogP contribution in [0.3, 0.4) is 0 Å². The number of anilines is 1. The SMILES string of the molecule is Cc1ccc(-c2csc(NC(=O)COc3ccc4c(c3)CCC4)n2)cc1C. The molecule has 1 N–H and O–H groups in total. The first-order valence-electron chi connectivity index (χ1n) is 9.16. The first kappa shape index (κ1) is 17.7. The zero-order valence-electron chi connectivity index (χ0n) is 15.5. The van der Waals surface area contributed by atoms with E-state index in [9.17, 15) is 4.79 Å². The summed E-state index contributed by atoms with van der Waals surface area (Å²) < 4.78 is 5.65. The number of hydrogen-bond donors (Lipinski definition) is 1. The van der Waals surface area contributed by atoms with Crippen LogP contribution in [0, 0.1) is 13.8 Å². The van der Waals surface area contributed by atoms with Gasteiger partial charge in [0.25, 0.3) is 5.91 Å². The summed E-state index contributed by atoms with van der Waals surface area (Å²) in [5.41, 5.74) is 7.15. The molecule has 1 heterocycles. The van der Waals surface area contributed by atoms with Crippen LogP contribution in [-0.4, -0.2) is 17.5 Å². The third kappa shape index (κ3) is 4.03. The highest BCUT2D eigenvalue weighted by molar-refractivity contribution is 7.14. The van der Waals surface area contributed by atoms with Gasteiger partial charge in [0, 0.05) is 10.9 Å². The number of thiazole rings is 1. The van der Waals surface area contributed by atoms with Crippen LogP contribution in [0.15, 0.2) is 41.8 Å². The molecule has 0 bridgehead atoms. The van der Waals surface area contributed by atoms with E-state index in [0.29, 0.717) is 5.13 Å². The molecule has 0 atom stereocenters. The summed E-state index contributed by atoms with van der Waals surface area (Å²) in [5.74, 6) is 0.553. The van der Waals surface area contributed by atoms with Gasteiger partial charge in [0.05, 0.1) is 5.69 Å². The Morgan fingerprint density at radius 2 is 1.96 bits per heavy atom. The Labute approximate surface area is 163 Å². The molecule has 0 saturated heterocycles. The van der Waals surface area contributed by atoms with E-state index in [1.807, 2.05) is 11.4 Å². The molecule has 0 unspecified atom stereocenters. The average Bonchev–Trinajstić information content (AvgIpc) is 3.31. The van der Waals surface area contributed by atoms with Crippen molar-refractivity contribution in [2.24, 2.45) is 0 Å². The van der Waals surface area contributed by atoms with Crippen LogP contribution in [0.1, 0.15) is 28.7 Å². The van der Waals surface area contributed by atoms with Gasteiger partial charge < -0.3 is 4.74 Å². The van der Waals surface area contributed by atoms with Crippen LogP contribution in [0.2, 0.25) is 0 Å². The number of rotatable bonds is 5. The molecule has 1 aliphatic carbocycles. The number of aromatic nitrogens is 1. The zero-order valence-corrected chi connectivity index (χ0v) is 16.4. The van der Waals surface area contributed by atoms with Crippen molar-refractivity contribution in [2.45, 2.75) is 33.1 Å². The minimum atomic E-state index is -0.198. The highest BCUT2D eigenvalue weighted by Crippen LogP contribution is 2.27. The first-order chi connectivity index (χ1) is 13.1. The van der Waals surface area contributed by atoms with Crippen molar-refractivity contribution < 1.29 is 9.53 Å². The van der Waals surface area contributed by atoms with Gasteiger partial charge in [0.15, 0.2) is 11.7 Å². The molecular formula is C22H22N2O2S. The molecule has 5 heteroatoms. The van der Waals surface area contributed by atoms with Crippen molar-refractivity contribution in [3.63, 3.8) is 0 Å². The molecule has 0 radical (unpaired) electrons. The molecule has 0 spiro atoms. The fourth-order valence-electron chi connectivity index (χ4n) is 3.31. The molecule has 2 aromatic carbocycles. The minimum Gasteiger partial charge on any atom is -0.484 e. The van der Waals surface area contributed by atoms with Crippen LogP contribution in [-0.2, 0) is 17.6 Å². The van der Waals surface area contributed by atoms with Crippen molar-refractivity contribution in [1.82, 2.24) is 4.98 Å². The van der Waals surface area contributed by atoms with Gasteiger partial charge in [-0.3, -0.25) is 10.1 Å². The second-order valence-corrected chi connectivity index (χ2v) is 7.82. The number of nitrogens with one attached hydrogen (secondary N) is 1. The van der Waals surface area contributed by atoms with Crippen molar-refractivity contribution in [2.75, 3.05) is 11.9 Å². The van der Waals surface area contributed by atoms with E-state index in [4.69, 9.17) is 4.74 Å². The van der Waals surface area contributed by atoms with Gasteiger partial charge in [-0.15, -0.1) is 11.3 Å². The number of aryl methyl sites for hydroxylation is 4. The fourth-order valence-corrected chi connectivity index (χ4v) is 4.04. The lowest BCUT2D eigenvalue weighted by molar-refractivity contribution is -0.118. The van der Waals surface area contributed by atoms with E-state index < -0.39 is 0 Å². The summed E-state index contributed by atoms with van der Waals surface area (Å²) in [6.45, 7) is 4.16. The average molecular weight is 378 g/mol. The molecule has 138 valence electrons. The highest BCUT2D eigenvalue weighted by atomic mass is 32.1. The summed E-state index contributed by atoms with van der Waals surface area (Å²) in [7, 11) is 0. The quantitative estimate of drug-likeness (QED) is 0.685. The summed E-state index contributed by atoms with van der Waals surface area (Å²) in [4.78, 5) is 16.7. The minimum absolute atomic E-state index is 0.0165. The Hall–Kier alpha value is -2.66. The zero-order chi connectivity index (χ0) is 18.8. The lowest BCUT2D eigenvalue weighted by Gasteiger charge is -2.07. The van der Waals surface area contributed by atoms with E-state index in [1.165, 1.54) is 40.0 Å². The van der Waals surface area contributed by atoms with E-state index in [0.717, 1.165) is 29.8 Å². The van der Waals surface area contributed by atoms with Gasteiger partial charge in [-0.05, 0) is 73.6 Å². The number of fused-ring (bicyclic) bond motifs is 1. The maximum absolute atomic E-state index is 12.2. The lowest BCUT2D eigenvalue weighted by Crippen LogP contribution is -2.20. The number of nitrogens with zero attached hydrogens (tertiary/aromatic N) is 1. The predicted molar refractivity (Wildman–Crippen MR) is 110 cm³/mol. The molecule has 1 aliphatic rings. The van der Waals surface area contributed by atoms with Crippen LogP contribution in [0.4, 0.5) is 5.13 Å². The lowest BCUT2D eigenvalue weighted by atomic mass is 10.1. The molecular weight excluding hydrogens is 356 g/mol. The largest absolute Gasteiger partial charge is 0.484 e. The number of amides is 1. The standard InChI is InChI=1S/C22H22N2O2S/c1-14-6-7-18(10-15(14)2)20-13-27-22(23-20)24-21(25)12-26-19-9-8-16-4-3-5-17(16)11-19/h6-11,13H,3-5,12H2,1-2H3,(H,23,24,25). The molecule has 0 saturated carbocycles. The summed E-state index contributed by atoms with van der Waals surface area (Å²) in [5, 5.41) is 5.37. The molecule has 27 heavy (non-hydrogen) atoms. The van der Waals surface area contributed by atoms with E-state index >= 15 is 0 Å². The van der Waals surface area contributed by atoms with Gasteiger partial charge in [-0.2, -0.15) is 0 Å². The van der Waals surface area contributed by atoms with Crippen LogP contribution >= 0.6 is 11.3 Å². The van der Waals surface area contributed by atoms with Gasteiger partial charge >= 0.3 is 0 Å². The Morgan fingerprint density at radius 1 is 1.11 bits per heavy atom. The Kier molecular flexibility index (Phi) is 4.94. The predicted octanol–water partition coefficient (Wildman–Crippen LogP) is 4.93. The Bertz CT molecular complexity index is 994. The molecule has 3 aromatic rings. The third-order valence-electron chi connectivity index (χ3n) is 4.99. The van der Waals surface area contributed by atoms with Gasteiger partial charge in [-0.1, -0.05) is 18.2 Å². The Balaban J connectivity index is 1.36. The second-order valence-electron chi connectivity index (χ2n) is 6.96. The Morgan fingerprint density at radius 3 is 2.81 bits per heavy atom. The number of benzene rings is 2. The van der Waals surface area contributed by atoms with Crippen LogP contribution in [0.25, 0.3) is 11.3 Å². The molecule has 0 aliphatic heterocycles. The van der Waals surface area contributed by atoms with Crippen molar-refractivity contribution >= 4 is 22.4 Å². The van der Waals surface area contributed by atoms with E-state index in [2.05, 4.69) is 54.5 Å². The molecule has 1 amide bonds. The first-order valence-corrected chi connectivity index (χ1v) is 10.0. The number of ether oxygens (including phenoxy) is 1. The van der Waals surface area contributed by atoms with Crippen molar-refractivity contribution in [3.8, 4) is 17.0 Å². The number of carbonyl (C=O) groups excluding carboxylic acids is 1. The van der Waals surface area contributed by atoms with E-state index in [1.54, 1.807) is 0 Å². The molecule has 0 fully saturated rings. The maximum atomic E-state index is 12.2. The smallest absolute Gasteiger partial charge is 0.264 e. The van der Waals surface area contributed by atoms with Crippen LogP contribution in [0.5, 0.6) is 5.75 Å². The molecule has 1 aromatic heterocycles.